The summed E-state index contributed by atoms with van der Waals surface area (Å²) in [5.41, 5.74) is 6.45. The van der Waals surface area contributed by atoms with E-state index in [2.05, 4.69) is 24.3 Å². The van der Waals surface area contributed by atoms with Crippen molar-refractivity contribution >= 4 is 11.7 Å². The van der Waals surface area contributed by atoms with Crippen LogP contribution in [0, 0.1) is 11.8 Å². The van der Waals surface area contributed by atoms with Crippen LogP contribution in [-0.4, -0.2) is 23.0 Å². The van der Waals surface area contributed by atoms with Crippen LogP contribution in [0.4, 0.5) is 0 Å². The van der Waals surface area contributed by atoms with Gasteiger partial charge in [-0.2, -0.15) is 0 Å². The molecule has 4 N–H and O–H groups in total. The lowest BCUT2D eigenvalue weighted by Crippen LogP contribution is -2.43. The summed E-state index contributed by atoms with van der Waals surface area (Å²) in [6.07, 6.45) is 2.09. The van der Waals surface area contributed by atoms with Crippen molar-refractivity contribution < 1.29 is 10.0 Å². The fraction of sp³-hybridized carbons (Fsp3) is 0.500. The minimum atomic E-state index is -0.751. The minimum absolute atomic E-state index is 0.0857. The Hall–Kier alpha value is -2.04. The molecule has 2 rings (SSSR count). The molecular formula is C16H23N3O2. The second-order valence-corrected chi connectivity index (χ2v) is 5.90. The molecule has 0 saturated heterocycles. The molecule has 0 radical (unpaired) electrons. The molecule has 1 aromatic carbocycles. The maximum atomic E-state index is 12.6. The molecule has 1 saturated carbocycles. The molecule has 4 unspecified atom stereocenters. The predicted octanol–water partition coefficient (Wildman–Crippen LogP) is 2.07. The topological polar surface area (TPSA) is 87.7 Å². The van der Waals surface area contributed by atoms with Gasteiger partial charge >= 0.3 is 0 Å². The van der Waals surface area contributed by atoms with Crippen LogP contribution < -0.4 is 11.1 Å². The van der Waals surface area contributed by atoms with Crippen LogP contribution in [0.25, 0.3) is 0 Å². The van der Waals surface area contributed by atoms with Crippen molar-refractivity contribution in [3.63, 3.8) is 0 Å². The predicted molar refractivity (Wildman–Crippen MR) is 82.1 cm³/mol. The lowest BCUT2D eigenvalue weighted by Gasteiger charge is -2.23. The van der Waals surface area contributed by atoms with Gasteiger partial charge in [-0.1, -0.05) is 49.3 Å². The summed E-state index contributed by atoms with van der Waals surface area (Å²) in [4.78, 5) is 12.6. The molecule has 1 aliphatic carbocycles. The third kappa shape index (κ3) is 3.35. The van der Waals surface area contributed by atoms with Gasteiger partial charge in [-0.05, 0) is 30.2 Å². The number of oxime groups is 1. The molecule has 4 atom stereocenters. The Labute approximate surface area is 125 Å². The zero-order valence-corrected chi connectivity index (χ0v) is 12.5. The molecule has 1 aliphatic rings. The number of nitrogens with one attached hydrogen (secondary N) is 1. The number of carbonyl (C=O) groups is 1. The molecule has 0 aliphatic heterocycles. The van der Waals surface area contributed by atoms with E-state index in [1.807, 2.05) is 30.3 Å². The Bertz CT molecular complexity index is 516. The third-order valence-corrected chi connectivity index (χ3v) is 4.60. The highest BCUT2D eigenvalue weighted by Gasteiger charge is 2.34. The van der Waals surface area contributed by atoms with Crippen LogP contribution >= 0.6 is 0 Å². The van der Waals surface area contributed by atoms with Gasteiger partial charge in [0.1, 0.15) is 5.92 Å². The molecule has 0 heterocycles. The Morgan fingerprint density at radius 2 is 2.00 bits per heavy atom. The van der Waals surface area contributed by atoms with E-state index in [1.54, 1.807) is 0 Å². The number of hydrogen-bond donors (Lipinski definition) is 3. The van der Waals surface area contributed by atoms with Crippen molar-refractivity contribution in [1.82, 2.24) is 5.32 Å². The average molecular weight is 289 g/mol. The SMILES string of the molecule is CC1CCC(NC(=O)C(C(N)=NO)c2ccccc2)C1C. The van der Waals surface area contributed by atoms with Crippen molar-refractivity contribution in [1.29, 1.82) is 0 Å². The molecule has 0 bridgehead atoms. The second-order valence-electron chi connectivity index (χ2n) is 5.90. The average Bonchev–Trinajstić information content (AvgIpc) is 2.80. The van der Waals surface area contributed by atoms with Crippen LogP contribution in [0.15, 0.2) is 35.5 Å². The summed E-state index contributed by atoms with van der Waals surface area (Å²) >= 11 is 0. The first kappa shape index (κ1) is 15.4. The first-order valence-corrected chi connectivity index (χ1v) is 7.37. The summed E-state index contributed by atoms with van der Waals surface area (Å²) in [5.74, 6) is 0.00569. The molecule has 0 spiro atoms. The maximum Gasteiger partial charge on any atom is 0.235 e. The second kappa shape index (κ2) is 6.61. The lowest BCUT2D eigenvalue weighted by molar-refractivity contribution is -0.122. The molecule has 1 amide bonds. The molecule has 114 valence electrons. The van der Waals surface area contributed by atoms with Gasteiger partial charge in [0.25, 0.3) is 0 Å². The fourth-order valence-corrected chi connectivity index (χ4v) is 2.99. The molecule has 1 fully saturated rings. The Kier molecular flexibility index (Phi) is 4.83. The van der Waals surface area contributed by atoms with Gasteiger partial charge in [-0.3, -0.25) is 4.79 Å². The first-order chi connectivity index (χ1) is 10.0. The standard InChI is InChI=1S/C16H23N3O2/c1-10-8-9-13(11(10)2)18-16(20)14(15(17)19-21)12-6-4-3-5-7-12/h3-7,10-11,13-14,21H,8-9H2,1-2H3,(H2,17,19)(H,18,20). The van der Waals surface area contributed by atoms with Crippen molar-refractivity contribution in [2.75, 3.05) is 0 Å². The number of hydrogen-bond acceptors (Lipinski definition) is 3. The highest BCUT2D eigenvalue weighted by Crippen LogP contribution is 2.31. The number of benzene rings is 1. The summed E-state index contributed by atoms with van der Waals surface area (Å²) in [5, 5.41) is 15.0. The number of amides is 1. The summed E-state index contributed by atoms with van der Waals surface area (Å²) < 4.78 is 0. The number of rotatable bonds is 4. The van der Waals surface area contributed by atoms with Gasteiger partial charge in [0.15, 0.2) is 5.84 Å². The van der Waals surface area contributed by atoms with Crippen LogP contribution in [-0.2, 0) is 4.79 Å². The molecule has 5 nitrogen and oxygen atoms in total. The number of carbonyl (C=O) groups excluding carboxylic acids is 1. The largest absolute Gasteiger partial charge is 0.409 e. The Morgan fingerprint density at radius 1 is 1.33 bits per heavy atom. The van der Waals surface area contributed by atoms with Gasteiger partial charge < -0.3 is 16.3 Å². The Morgan fingerprint density at radius 3 is 2.52 bits per heavy atom. The van der Waals surface area contributed by atoms with E-state index >= 15 is 0 Å². The number of nitrogens with zero attached hydrogens (tertiary/aromatic N) is 1. The van der Waals surface area contributed by atoms with E-state index < -0.39 is 5.92 Å². The van der Waals surface area contributed by atoms with E-state index in [1.165, 1.54) is 0 Å². The number of nitrogens with two attached hydrogens (primary N) is 1. The van der Waals surface area contributed by atoms with E-state index in [9.17, 15) is 4.79 Å². The van der Waals surface area contributed by atoms with Crippen LogP contribution in [0.1, 0.15) is 38.2 Å². The summed E-state index contributed by atoms with van der Waals surface area (Å²) in [6, 6.07) is 9.31. The normalized spacial score (nSPS) is 27.3. The number of amidine groups is 1. The van der Waals surface area contributed by atoms with Gasteiger partial charge in [0.2, 0.25) is 5.91 Å². The highest BCUT2D eigenvalue weighted by atomic mass is 16.4. The minimum Gasteiger partial charge on any atom is -0.409 e. The quantitative estimate of drug-likeness (QED) is 0.343. The van der Waals surface area contributed by atoms with Crippen LogP contribution in [0.3, 0.4) is 0 Å². The first-order valence-electron chi connectivity index (χ1n) is 7.37. The van der Waals surface area contributed by atoms with E-state index in [0.717, 1.165) is 18.4 Å². The van der Waals surface area contributed by atoms with Gasteiger partial charge in [-0.15, -0.1) is 0 Å². The zero-order valence-electron chi connectivity index (χ0n) is 12.5. The van der Waals surface area contributed by atoms with Crippen molar-refractivity contribution in [2.24, 2.45) is 22.7 Å². The van der Waals surface area contributed by atoms with Crippen molar-refractivity contribution in [2.45, 2.75) is 38.6 Å². The monoisotopic (exact) mass is 289 g/mol. The molecule has 21 heavy (non-hydrogen) atoms. The van der Waals surface area contributed by atoms with Crippen LogP contribution in [0.5, 0.6) is 0 Å². The van der Waals surface area contributed by atoms with Crippen molar-refractivity contribution in [3.05, 3.63) is 35.9 Å². The zero-order chi connectivity index (χ0) is 15.4. The van der Waals surface area contributed by atoms with E-state index in [4.69, 9.17) is 10.9 Å². The third-order valence-electron chi connectivity index (χ3n) is 4.60. The molecule has 0 aromatic heterocycles. The summed E-state index contributed by atoms with van der Waals surface area (Å²) in [6.45, 7) is 4.36. The lowest BCUT2D eigenvalue weighted by atomic mass is 9.94. The summed E-state index contributed by atoms with van der Waals surface area (Å²) in [7, 11) is 0. The molecule has 1 aromatic rings. The van der Waals surface area contributed by atoms with Gasteiger partial charge in [-0.25, -0.2) is 0 Å². The maximum absolute atomic E-state index is 12.6. The Balaban J connectivity index is 2.16. The van der Waals surface area contributed by atoms with E-state index in [0.29, 0.717) is 11.8 Å². The van der Waals surface area contributed by atoms with Gasteiger partial charge in [0.05, 0.1) is 0 Å². The smallest absolute Gasteiger partial charge is 0.235 e. The molecular weight excluding hydrogens is 266 g/mol. The fourth-order valence-electron chi connectivity index (χ4n) is 2.99. The van der Waals surface area contributed by atoms with Gasteiger partial charge in [0, 0.05) is 6.04 Å². The van der Waals surface area contributed by atoms with Crippen LogP contribution in [0.2, 0.25) is 0 Å². The molecule has 5 heteroatoms. The van der Waals surface area contributed by atoms with E-state index in [-0.39, 0.29) is 17.8 Å². The van der Waals surface area contributed by atoms with Crippen molar-refractivity contribution in [3.8, 4) is 0 Å². The highest BCUT2D eigenvalue weighted by molar-refractivity contribution is 6.07.